The first-order chi connectivity index (χ1) is 14.0. The molecular weight excluding hydrogens is 366 g/mol. The number of nitrogens with one attached hydrogen (secondary N) is 3. The average Bonchev–Trinajstić information content (AvgIpc) is 2.71. The number of benzene rings is 1. The van der Waals surface area contributed by atoms with Gasteiger partial charge in [0.25, 0.3) is 5.91 Å². The second kappa shape index (κ2) is 12.1. The molecule has 0 unspecified atom stereocenters. The molecule has 0 radical (unpaired) electrons. The Balaban J connectivity index is 1.77. The van der Waals surface area contributed by atoms with Gasteiger partial charge >= 0.3 is 0 Å². The third-order valence-corrected chi connectivity index (χ3v) is 4.75. The predicted octanol–water partition coefficient (Wildman–Crippen LogP) is 1.91. The van der Waals surface area contributed by atoms with E-state index in [9.17, 15) is 4.79 Å². The fourth-order valence-electron chi connectivity index (χ4n) is 3.33. The van der Waals surface area contributed by atoms with Crippen LogP contribution in [0.25, 0.3) is 0 Å². The molecule has 2 rings (SSSR count). The third-order valence-electron chi connectivity index (χ3n) is 4.75. The van der Waals surface area contributed by atoms with E-state index in [0.29, 0.717) is 24.9 Å². The first-order valence-corrected chi connectivity index (χ1v) is 10.3. The molecule has 7 heteroatoms. The Hall–Kier alpha value is -2.54. The van der Waals surface area contributed by atoms with E-state index in [-0.39, 0.29) is 12.5 Å². The van der Waals surface area contributed by atoms with Crippen molar-refractivity contribution < 1.29 is 9.53 Å². The smallest absolute Gasteiger partial charge is 0.257 e. The molecule has 0 atom stereocenters. The SMILES string of the molecule is C=C(C)CN1CCC(NC(=NC)NCc2cccc(OCC(=O)NCC)c2)CC1. The Bertz CT molecular complexity index is 696. The Labute approximate surface area is 174 Å². The van der Waals surface area contributed by atoms with Crippen LogP contribution < -0.4 is 20.7 Å². The maximum absolute atomic E-state index is 11.5. The minimum Gasteiger partial charge on any atom is -0.484 e. The van der Waals surface area contributed by atoms with Gasteiger partial charge in [-0.15, -0.1) is 0 Å². The minimum atomic E-state index is -0.116. The topological polar surface area (TPSA) is 78.0 Å². The van der Waals surface area contributed by atoms with Gasteiger partial charge in [0.1, 0.15) is 5.75 Å². The quantitative estimate of drug-likeness (QED) is 0.335. The Morgan fingerprint density at radius 2 is 2.07 bits per heavy atom. The number of hydrogen-bond acceptors (Lipinski definition) is 4. The summed E-state index contributed by atoms with van der Waals surface area (Å²) in [5.74, 6) is 1.37. The maximum atomic E-state index is 11.5. The van der Waals surface area contributed by atoms with Gasteiger partial charge in [0.2, 0.25) is 0 Å². The number of piperidine rings is 1. The predicted molar refractivity (Wildman–Crippen MR) is 118 cm³/mol. The molecule has 0 spiro atoms. The van der Waals surface area contributed by atoms with Gasteiger partial charge in [0, 0.05) is 45.8 Å². The zero-order chi connectivity index (χ0) is 21.1. The number of guanidine groups is 1. The summed E-state index contributed by atoms with van der Waals surface area (Å²) in [7, 11) is 1.79. The van der Waals surface area contributed by atoms with Crippen LogP contribution in [0.3, 0.4) is 0 Å². The lowest BCUT2D eigenvalue weighted by atomic mass is 10.0. The van der Waals surface area contributed by atoms with Crippen LogP contribution in [-0.4, -0.2) is 62.6 Å². The van der Waals surface area contributed by atoms with Crippen LogP contribution in [-0.2, 0) is 11.3 Å². The summed E-state index contributed by atoms with van der Waals surface area (Å²) >= 11 is 0. The normalized spacial score (nSPS) is 15.6. The maximum Gasteiger partial charge on any atom is 0.257 e. The van der Waals surface area contributed by atoms with Crippen LogP contribution in [0.1, 0.15) is 32.3 Å². The van der Waals surface area contributed by atoms with Crippen molar-refractivity contribution in [3.63, 3.8) is 0 Å². The minimum absolute atomic E-state index is 0.0258. The van der Waals surface area contributed by atoms with E-state index in [4.69, 9.17) is 4.74 Å². The monoisotopic (exact) mass is 401 g/mol. The molecular formula is C22H35N5O2. The first kappa shape index (κ1) is 22.7. The van der Waals surface area contributed by atoms with Crippen molar-refractivity contribution in [3.8, 4) is 5.75 Å². The summed E-state index contributed by atoms with van der Waals surface area (Å²) < 4.78 is 5.56. The van der Waals surface area contributed by atoms with E-state index in [1.165, 1.54) is 5.57 Å². The highest BCUT2D eigenvalue weighted by atomic mass is 16.5. The van der Waals surface area contributed by atoms with Crippen molar-refractivity contribution in [2.45, 2.75) is 39.3 Å². The number of rotatable bonds is 9. The number of carbonyl (C=O) groups is 1. The summed E-state index contributed by atoms with van der Waals surface area (Å²) in [6, 6.07) is 8.17. The van der Waals surface area contributed by atoms with Gasteiger partial charge in [-0.25, -0.2) is 0 Å². The van der Waals surface area contributed by atoms with E-state index >= 15 is 0 Å². The summed E-state index contributed by atoms with van der Waals surface area (Å²) in [5.41, 5.74) is 2.28. The van der Waals surface area contributed by atoms with E-state index in [1.54, 1.807) is 7.05 Å². The fourth-order valence-corrected chi connectivity index (χ4v) is 3.33. The summed E-state index contributed by atoms with van der Waals surface area (Å²) in [4.78, 5) is 18.3. The van der Waals surface area contributed by atoms with Crippen LogP contribution >= 0.6 is 0 Å². The molecule has 0 bridgehead atoms. The Kier molecular flexibility index (Phi) is 9.50. The number of aliphatic imine (C=N–C) groups is 1. The van der Waals surface area contributed by atoms with Crippen molar-refractivity contribution in [3.05, 3.63) is 42.0 Å². The van der Waals surface area contributed by atoms with E-state index in [0.717, 1.165) is 44.0 Å². The van der Waals surface area contributed by atoms with E-state index in [2.05, 4.69) is 39.3 Å². The number of likely N-dealkylation sites (tertiary alicyclic amines) is 1. The lowest BCUT2D eigenvalue weighted by Gasteiger charge is -2.33. The summed E-state index contributed by atoms with van der Waals surface area (Å²) in [6.45, 7) is 12.4. The summed E-state index contributed by atoms with van der Waals surface area (Å²) in [5, 5.41) is 9.61. The lowest BCUT2D eigenvalue weighted by Crippen LogP contribution is -2.48. The standard InChI is InChI=1S/C22H35N5O2/c1-5-24-21(28)16-29-20-8-6-7-18(13-20)14-25-22(23-4)26-19-9-11-27(12-10-19)15-17(2)3/h6-8,13,19H,2,5,9-12,14-16H2,1,3-4H3,(H,24,28)(H2,23,25,26). The van der Waals surface area contributed by atoms with Gasteiger partial charge in [-0.1, -0.05) is 24.3 Å². The molecule has 0 aromatic heterocycles. The molecule has 1 aromatic rings. The van der Waals surface area contributed by atoms with Crippen molar-refractivity contribution >= 4 is 11.9 Å². The van der Waals surface area contributed by atoms with Gasteiger partial charge in [-0.05, 0) is 44.4 Å². The van der Waals surface area contributed by atoms with Crippen molar-refractivity contribution in [1.82, 2.24) is 20.9 Å². The van der Waals surface area contributed by atoms with Crippen LogP contribution in [0.2, 0.25) is 0 Å². The molecule has 1 aliphatic heterocycles. The van der Waals surface area contributed by atoms with Gasteiger partial charge in [0.15, 0.2) is 12.6 Å². The zero-order valence-electron chi connectivity index (χ0n) is 18.0. The average molecular weight is 402 g/mol. The fraction of sp³-hybridized carbons (Fsp3) is 0.545. The van der Waals surface area contributed by atoms with Gasteiger partial charge in [-0.3, -0.25) is 14.7 Å². The van der Waals surface area contributed by atoms with Crippen molar-refractivity contribution in [2.24, 2.45) is 4.99 Å². The van der Waals surface area contributed by atoms with Gasteiger partial charge in [0.05, 0.1) is 0 Å². The second-order valence-electron chi connectivity index (χ2n) is 7.47. The highest BCUT2D eigenvalue weighted by molar-refractivity contribution is 5.80. The summed E-state index contributed by atoms with van der Waals surface area (Å²) in [6.07, 6.45) is 2.19. The molecule has 1 fully saturated rings. The molecule has 0 aliphatic carbocycles. The molecule has 1 amide bonds. The molecule has 0 saturated carbocycles. The van der Waals surface area contributed by atoms with Gasteiger partial charge < -0.3 is 20.7 Å². The van der Waals surface area contributed by atoms with Crippen molar-refractivity contribution in [2.75, 3.05) is 39.8 Å². The molecule has 29 heavy (non-hydrogen) atoms. The van der Waals surface area contributed by atoms with Crippen LogP contribution in [0, 0.1) is 0 Å². The number of nitrogens with zero attached hydrogens (tertiary/aromatic N) is 2. The molecule has 1 saturated heterocycles. The largest absolute Gasteiger partial charge is 0.484 e. The Morgan fingerprint density at radius 1 is 1.31 bits per heavy atom. The highest BCUT2D eigenvalue weighted by Crippen LogP contribution is 2.14. The third kappa shape index (κ3) is 8.56. The van der Waals surface area contributed by atoms with Crippen LogP contribution in [0.5, 0.6) is 5.75 Å². The number of amides is 1. The molecule has 1 aromatic carbocycles. The van der Waals surface area contributed by atoms with Crippen molar-refractivity contribution in [1.29, 1.82) is 0 Å². The van der Waals surface area contributed by atoms with Gasteiger partial charge in [-0.2, -0.15) is 0 Å². The molecule has 7 nitrogen and oxygen atoms in total. The molecule has 1 aliphatic rings. The highest BCUT2D eigenvalue weighted by Gasteiger charge is 2.19. The number of likely N-dealkylation sites (N-methyl/N-ethyl adjacent to an activating group) is 1. The number of carbonyl (C=O) groups excluding carboxylic acids is 1. The number of ether oxygens (including phenoxy) is 1. The first-order valence-electron chi connectivity index (χ1n) is 10.3. The van der Waals surface area contributed by atoms with E-state index in [1.807, 2.05) is 31.2 Å². The molecule has 3 N–H and O–H groups in total. The zero-order valence-corrected chi connectivity index (χ0v) is 18.0. The van der Waals surface area contributed by atoms with Crippen LogP contribution in [0.15, 0.2) is 41.4 Å². The van der Waals surface area contributed by atoms with Crippen LogP contribution in [0.4, 0.5) is 0 Å². The Morgan fingerprint density at radius 3 is 2.72 bits per heavy atom. The second-order valence-corrected chi connectivity index (χ2v) is 7.47. The molecule has 160 valence electrons. The molecule has 1 heterocycles. The van der Waals surface area contributed by atoms with E-state index < -0.39 is 0 Å². The lowest BCUT2D eigenvalue weighted by molar-refractivity contribution is -0.122. The number of hydrogen-bond donors (Lipinski definition) is 3.